The topological polar surface area (TPSA) is 280 Å². The van der Waals surface area contributed by atoms with Gasteiger partial charge in [-0.1, -0.05) is 95.2 Å². The normalized spacial score (nSPS) is 26.9. The molecule has 0 bridgehead atoms. The number of hydrogen-bond donors (Lipinski definition) is 4. The van der Waals surface area contributed by atoms with Crippen molar-refractivity contribution < 1.29 is 62.2 Å². The van der Waals surface area contributed by atoms with Gasteiger partial charge in [0.15, 0.2) is 5.37 Å². The lowest BCUT2D eigenvalue weighted by Crippen LogP contribution is -2.62. The Balaban J connectivity index is 3.11. The number of methoxy groups -OCH3 is 1. The minimum atomic E-state index is -1.30. The van der Waals surface area contributed by atoms with Gasteiger partial charge in [-0.3, -0.25) is 57.6 Å². The molecular weight excluding hydrogens is 1250 g/mol. The lowest BCUT2D eigenvalue weighted by Gasteiger charge is -2.41. The number of likely N-dealkylation sites (N-methyl/N-ethyl adjacent to an activating group) is 7. The Morgan fingerprint density at radius 3 is 1.49 bits per heavy atom. The average Bonchev–Trinajstić information content (AvgIpc) is 0.811. The number of hydrogen-bond acceptors (Lipinski definition) is 15. The van der Waals surface area contributed by atoms with E-state index in [-0.39, 0.29) is 62.2 Å². The summed E-state index contributed by atoms with van der Waals surface area (Å²) >= 11 is 1.21. The van der Waals surface area contributed by atoms with Gasteiger partial charge in [-0.15, -0.1) is 11.8 Å². The minimum Gasteiger partial charge on any atom is -0.379 e. The summed E-state index contributed by atoms with van der Waals surface area (Å²) in [5.41, 5.74) is -1.03. The summed E-state index contributed by atoms with van der Waals surface area (Å²) in [7, 11) is 11.8. The van der Waals surface area contributed by atoms with Crippen LogP contribution in [0.4, 0.5) is 0 Å². The molecule has 2 fully saturated rings. The first-order valence-corrected chi connectivity index (χ1v) is 35.8. The van der Waals surface area contributed by atoms with E-state index in [2.05, 4.69) is 26.2 Å². The quantitative estimate of drug-likeness (QED) is 0.0883. The first-order chi connectivity index (χ1) is 44.6. The first-order valence-electron chi connectivity index (χ1n) is 34.8. The molecule has 25 nitrogen and oxygen atoms in total. The van der Waals surface area contributed by atoms with E-state index in [9.17, 15) is 19.2 Å². The zero-order valence-corrected chi connectivity index (χ0v) is 64.0. The third-order valence-corrected chi connectivity index (χ3v) is 19.9. The minimum absolute atomic E-state index is 0.0705. The van der Waals surface area contributed by atoms with Crippen LogP contribution in [0, 0.1) is 35.5 Å². The lowest BCUT2D eigenvalue weighted by atomic mass is 9.93. The van der Waals surface area contributed by atoms with E-state index in [1.165, 1.54) is 116 Å². The third kappa shape index (κ3) is 25.1. The second kappa shape index (κ2) is 40.3. The van der Waals surface area contributed by atoms with E-state index >= 15 is 33.6 Å². The number of nitrogens with one attached hydrogen (secondary N) is 4. The Bertz CT molecular complexity index is 2620. The van der Waals surface area contributed by atoms with Gasteiger partial charge < -0.3 is 65.0 Å². The second-order valence-electron chi connectivity index (χ2n) is 29.3. The third-order valence-electron chi connectivity index (χ3n) is 18.6. The molecule has 550 valence electrons. The van der Waals surface area contributed by atoms with Crippen LogP contribution in [-0.4, -0.2) is 271 Å². The fourth-order valence-electron chi connectivity index (χ4n) is 12.2. The molecule has 0 aromatic heterocycles. The van der Waals surface area contributed by atoms with Gasteiger partial charge in [-0.05, 0) is 127 Å². The van der Waals surface area contributed by atoms with Gasteiger partial charge in [-0.2, -0.15) is 0 Å². The predicted molar refractivity (Wildman–Crippen MR) is 377 cm³/mol. The van der Waals surface area contributed by atoms with E-state index in [0.717, 1.165) is 13.1 Å². The highest BCUT2D eigenvalue weighted by molar-refractivity contribution is 8.00. The van der Waals surface area contributed by atoms with E-state index in [1.54, 1.807) is 48.5 Å². The number of rotatable bonds is 21. The van der Waals surface area contributed by atoms with Crippen LogP contribution >= 0.6 is 11.8 Å². The Hall–Kier alpha value is -5.86. The Labute approximate surface area is 580 Å². The summed E-state index contributed by atoms with van der Waals surface area (Å²) < 4.78 is 11.4. The van der Waals surface area contributed by atoms with Gasteiger partial charge in [0.05, 0.1) is 18.8 Å². The molecule has 2 rings (SSSR count). The van der Waals surface area contributed by atoms with Gasteiger partial charge in [-0.25, -0.2) is 0 Å². The molecule has 2 aliphatic rings. The number of nitrogens with zero attached hydrogens (tertiary/aromatic N) is 8. The second-order valence-corrected chi connectivity index (χ2v) is 30.5. The molecule has 2 saturated heterocycles. The maximum Gasteiger partial charge on any atom is 0.256 e. The monoisotopic (exact) mass is 1370 g/mol. The highest BCUT2D eigenvalue weighted by atomic mass is 32.2. The van der Waals surface area contributed by atoms with Gasteiger partial charge in [0.2, 0.25) is 59.1 Å². The summed E-state index contributed by atoms with van der Waals surface area (Å²) in [4.78, 5) is 176. The van der Waals surface area contributed by atoms with Crippen LogP contribution in [0.25, 0.3) is 0 Å². The SMILES string of the molecule is C/C=C/C[C@@H](C)C[C@H]1C(=O)N[C@@H](CC)C(=O)N(C)[C@H](SCCCN2CCOCC2)C(=O)N(C)[C@@H](CC(C)(C)OC)C(=O)N[C@@H](C(C)C)C(=O)N(C)[C@@H](CC(C)C)C(=O)N[C@@H](C)C(=O)N[C@H](C)C(=O)N(C)[C@H](CC(C)C)C(=O)N(C)[C@@H](CC(C)C)C(=O)N(C)C(C(C)C)C(=O)N1C. The van der Waals surface area contributed by atoms with E-state index in [0.29, 0.717) is 38.4 Å². The predicted octanol–water partition coefficient (Wildman–Crippen LogP) is 4.85. The van der Waals surface area contributed by atoms with Crippen molar-refractivity contribution >= 4 is 76.7 Å². The van der Waals surface area contributed by atoms with E-state index < -0.39 is 148 Å². The number of morpholine rings is 1. The van der Waals surface area contributed by atoms with Crippen molar-refractivity contribution in [3.63, 3.8) is 0 Å². The number of ether oxygens (including phenoxy) is 2. The molecule has 0 aromatic rings. The Morgan fingerprint density at radius 2 is 0.990 bits per heavy atom. The van der Waals surface area contributed by atoms with Crippen molar-refractivity contribution in [2.75, 3.05) is 95.0 Å². The van der Waals surface area contributed by atoms with Gasteiger partial charge in [0, 0.05) is 76.0 Å². The molecule has 26 heteroatoms. The zero-order valence-electron chi connectivity index (χ0n) is 63.2. The molecule has 96 heavy (non-hydrogen) atoms. The van der Waals surface area contributed by atoms with Gasteiger partial charge in [0.25, 0.3) is 5.91 Å². The number of carbonyl (C=O) groups excluding carboxylic acids is 11. The highest BCUT2D eigenvalue weighted by Crippen LogP contribution is 2.28. The average molecular weight is 1380 g/mol. The summed E-state index contributed by atoms with van der Waals surface area (Å²) in [5.74, 6) is -8.19. The summed E-state index contributed by atoms with van der Waals surface area (Å²) in [6.07, 6.45) is 5.68. The molecule has 0 saturated carbocycles. The van der Waals surface area contributed by atoms with Crippen molar-refractivity contribution in [3.05, 3.63) is 12.2 Å². The smallest absolute Gasteiger partial charge is 0.256 e. The fraction of sp³-hybridized carbons (Fsp3) is 0.814. The molecule has 1 unspecified atom stereocenters. The van der Waals surface area contributed by atoms with E-state index in [4.69, 9.17) is 9.47 Å². The van der Waals surface area contributed by atoms with Crippen molar-refractivity contribution in [2.45, 2.75) is 240 Å². The number of amides is 11. The highest BCUT2D eigenvalue weighted by Gasteiger charge is 2.46. The lowest BCUT2D eigenvalue weighted by molar-refractivity contribution is -0.156. The van der Waals surface area contributed by atoms with Crippen LogP contribution in [-0.2, 0) is 62.2 Å². The zero-order chi connectivity index (χ0) is 73.5. The largest absolute Gasteiger partial charge is 0.379 e. The Kier molecular flexibility index (Phi) is 36.2. The molecule has 11 amide bonds. The van der Waals surface area contributed by atoms with Gasteiger partial charge >= 0.3 is 0 Å². The molecule has 12 atom stereocenters. The van der Waals surface area contributed by atoms with Crippen molar-refractivity contribution in [1.29, 1.82) is 0 Å². The molecule has 0 spiro atoms. The van der Waals surface area contributed by atoms with Gasteiger partial charge in [0.1, 0.15) is 60.4 Å². The number of allylic oxidation sites excluding steroid dienone is 2. The first kappa shape index (κ1) is 86.2. The molecule has 0 radical (unpaired) electrons. The van der Waals surface area contributed by atoms with Crippen LogP contribution in [0.5, 0.6) is 0 Å². The molecule has 2 heterocycles. The van der Waals surface area contributed by atoms with Crippen LogP contribution in [0.3, 0.4) is 0 Å². The van der Waals surface area contributed by atoms with Crippen molar-refractivity contribution in [2.24, 2.45) is 35.5 Å². The molecule has 0 aliphatic carbocycles. The molecule has 2 aliphatic heterocycles. The van der Waals surface area contributed by atoms with Crippen molar-refractivity contribution in [1.82, 2.24) is 60.5 Å². The maximum absolute atomic E-state index is 15.5. The standard InChI is InChI=1S/C70H126N12O13S/c1-26-28-30-47(13)40-52-60(85)73-50(27-2)63(88)81(24)69(96-36-29-31-82-32-34-95-35-33-82)68(93)79(22)55(41-70(16,17)94-25)61(86)74-56(45(9)10)66(91)75(18)51(37-42(3)4)59(84)71-48(14)58(83)72-49(15)62(87)77(20)53(38-43(5)6)64(89)78(21)54(39-44(7)8)65(90)80(23)57(46(11)12)67(92)76(52)19/h26,28,42-57,69H,27,29-41H2,1-25H3,(H,71,84)(H,72,83)(H,73,85)(H,74,86)/b28-26+/t47-,48+,49-,50+,51+,52+,53-,54+,55+,56+,57?,69-/m1/s1. The van der Waals surface area contributed by atoms with Crippen LogP contribution in [0.15, 0.2) is 12.2 Å². The number of carbonyl (C=O) groups is 11. The molecular formula is C70H126N12O13S. The van der Waals surface area contributed by atoms with Crippen LogP contribution in [0.2, 0.25) is 0 Å². The van der Waals surface area contributed by atoms with Crippen molar-refractivity contribution in [3.8, 4) is 0 Å². The maximum atomic E-state index is 15.5. The summed E-state index contributed by atoms with van der Waals surface area (Å²) in [6.45, 7) is 33.7. The van der Waals surface area contributed by atoms with Crippen LogP contribution < -0.4 is 21.3 Å². The summed E-state index contributed by atoms with van der Waals surface area (Å²) in [5, 5.41) is 10.1. The summed E-state index contributed by atoms with van der Waals surface area (Å²) in [6, 6.07) is -12.0. The Morgan fingerprint density at radius 1 is 0.531 bits per heavy atom. The number of thioether (sulfide) groups is 1. The van der Waals surface area contributed by atoms with E-state index in [1.807, 2.05) is 67.5 Å². The molecule has 4 N–H and O–H groups in total. The van der Waals surface area contributed by atoms with Crippen LogP contribution in [0.1, 0.15) is 169 Å². The fourth-order valence-corrected chi connectivity index (χ4v) is 13.4. The molecule has 0 aromatic carbocycles.